The molecule has 0 aromatic carbocycles. The Labute approximate surface area is 155 Å². The number of aliphatic hydroxyl groups excluding tert-OH is 1. The Balaban J connectivity index is 2.11. The standard InChI is InChI=1S/C15H21N3O4S3/c1-4-10-11(5-2)24-15(16-10)17-14(20)18-25(21,22)13-8-9(3)12(23-13)6-7-19/h8,19H,4-7H2,1-3H3,(H2,16,17,18,20). The summed E-state index contributed by atoms with van der Waals surface area (Å²) in [6, 6.07) is 0.660. The number of rotatable bonds is 7. The zero-order chi connectivity index (χ0) is 18.6. The first-order valence-electron chi connectivity index (χ1n) is 7.83. The maximum absolute atomic E-state index is 12.3. The Bertz CT molecular complexity index is 834. The van der Waals surface area contributed by atoms with E-state index in [1.807, 2.05) is 18.6 Å². The zero-order valence-corrected chi connectivity index (χ0v) is 16.7. The molecule has 2 aromatic heterocycles. The quantitative estimate of drug-likeness (QED) is 0.659. The predicted octanol–water partition coefficient (Wildman–Crippen LogP) is 2.68. The van der Waals surface area contributed by atoms with Crippen LogP contribution >= 0.6 is 22.7 Å². The van der Waals surface area contributed by atoms with Gasteiger partial charge in [0.15, 0.2) is 5.13 Å². The molecule has 0 aliphatic rings. The minimum absolute atomic E-state index is 0.0474. The number of nitrogens with one attached hydrogen (secondary N) is 2. The number of sulfonamides is 1. The number of thiophene rings is 1. The van der Waals surface area contributed by atoms with E-state index in [0.717, 1.165) is 45.2 Å². The molecule has 0 unspecified atom stereocenters. The molecule has 0 radical (unpaired) electrons. The number of urea groups is 1. The third kappa shape index (κ3) is 4.78. The lowest BCUT2D eigenvalue weighted by Gasteiger charge is -2.05. The highest BCUT2D eigenvalue weighted by atomic mass is 32.2. The van der Waals surface area contributed by atoms with Gasteiger partial charge in [0.1, 0.15) is 4.21 Å². The van der Waals surface area contributed by atoms with Gasteiger partial charge in [0.25, 0.3) is 10.0 Å². The minimum Gasteiger partial charge on any atom is -0.396 e. The number of aryl methyl sites for hydroxylation is 3. The Hall–Kier alpha value is -1.49. The fourth-order valence-corrected chi connectivity index (χ4v) is 5.73. The van der Waals surface area contributed by atoms with Crippen LogP contribution in [0.2, 0.25) is 0 Å². The van der Waals surface area contributed by atoms with Crippen molar-refractivity contribution in [2.24, 2.45) is 0 Å². The fourth-order valence-electron chi connectivity index (χ4n) is 2.26. The molecule has 138 valence electrons. The van der Waals surface area contributed by atoms with Crippen molar-refractivity contribution >= 4 is 43.9 Å². The largest absolute Gasteiger partial charge is 0.396 e. The van der Waals surface area contributed by atoms with Crippen LogP contribution in [0, 0.1) is 6.92 Å². The summed E-state index contributed by atoms with van der Waals surface area (Å²) in [6.07, 6.45) is 1.95. The first kappa shape index (κ1) is 19.8. The first-order chi connectivity index (χ1) is 11.8. The summed E-state index contributed by atoms with van der Waals surface area (Å²) in [7, 11) is -3.96. The van der Waals surface area contributed by atoms with Gasteiger partial charge < -0.3 is 5.11 Å². The van der Waals surface area contributed by atoms with Crippen LogP contribution in [0.3, 0.4) is 0 Å². The number of amides is 2. The van der Waals surface area contributed by atoms with Crippen LogP contribution in [0.5, 0.6) is 0 Å². The number of thiazole rings is 1. The number of carbonyl (C=O) groups excluding carboxylic acids is 1. The summed E-state index contributed by atoms with van der Waals surface area (Å²) >= 11 is 2.39. The second kappa shape index (κ2) is 8.26. The Kier molecular flexibility index (Phi) is 6.55. The highest BCUT2D eigenvalue weighted by Crippen LogP contribution is 2.27. The molecule has 2 aromatic rings. The van der Waals surface area contributed by atoms with E-state index in [1.165, 1.54) is 17.4 Å². The summed E-state index contributed by atoms with van der Waals surface area (Å²) in [5.41, 5.74) is 1.69. The Morgan fingerprint density at radius 1 is 1.24 bits per heavy atom. The molecule has 2 amide bonds. The lowest BCUT2D eigenvalue weighted by molar-refractivity contribution is 0.256. The van der Waals surface area contributed by atoms with Gasteiger partial charge in [0.2, 0.25) is 0 Å². The molecule has 0 saturated heterocycles. The van der Waals surface area contributed by atoms with Crippen LogP contribution in [-0.4, -0.2) is 31.1 Å². The molecule has 0 spiro atoms. The van der Waals surface area contributed by atoms with E-state index in [0.29, 0.717) is 11.6 Å². The molecule has 0 bridgehead atoms. The zero-order valence-electron chi connectivity index (χ0n) is 14.2. The minimum atomic E-state index is -3.96. The average molecular weight is 404 g/mol. The normalized spacial score (nSPS) is 11.5. The summed E-state index contributed by atoms with van der Waals surface area (Å²) in [5, 5.41) is 11.9. The summed E-state index contributed by atoms with van der Waals surface area (Å²) in [4.78, 5) is 18.2. The SMILES string of the molecule is CCc1nc(NC(=O)NS(=O)(=O)c2cc(C)c(CCO)s2)sc1CC. The van der Waals surface area contributed by atoms with Gasteiger partial charge in [0, 0.05) is 22.8 Å². The van der Waals surface area contributed by atoms with E-state index in [1.54, 1.807) is 6.92 Å². The van der Waals surface area contributed by atoms with Crippen LogP contribution in [-0.2, 0) is 29.3 Å². The molecule has 25 heavy (non-hydrogen) atoms. The monoisotopic (exact) mass is 403 g/mol. The molecule has 0 aliphatic carbocycles. The predicted molar refractivity (Wildman–Crippen MR) is 100 cm³/mol. The van der Waals surface area contributed by atoms with Gasteiger partial charge in [0.05, 0.1) is 5.69 Å². The molecule has 10 heteroatoms. The van der Waals surface area contributed by atoms with Crippen molar-refractivity contribution in [1.82, 2.24) is 9.71 Å². The number of hydrogen-bond donors (Lipinski definition) is 3. The molecule has 0 aliphatic heterocycles. The van der Waals surface area contributed by atoms with Crippen molar-refractivity contribution in [3.8, 4) is 0 Å². The highest BCUT2D eigenvalue weighted by Gasteiger charge is 2.22. The van der Waals surface area contributed by atoms with Gasteiger partial charge in [-0.2, -0.15) is 0 Å². The van der Waals surface area contributed by atoms with E-state index in [2.05, 4.69) is 10.3 Å². The van der Waals surface area contributed by atoms with Crippen LogP contribution in [0.1, 0.15) is 34.9 Å². The number of hydrogen-bond acceptors (Lipinski definition) is 7. The third-order valence-electron chi connectivity index (χ3n) is 3.48. The number of aliphatic hydroxyl groups is 1. The molecule has 0 fully saturated rings. The third-order valence-corrected chi connectivity index (χ3v) is 7.74. The highest BCUT2D eigenvalue weighted by molar-refractivity contribution is 7.92. The number of aromatic nitrogens is 1. The van der Waals surface area contributed by atoms with Gasteiger partial charge in [-0.15, -0.1) is 22.7 Å². The number of carbonyl (C=O) groups is 1. The van der Waals surface area contributed by atoms with E-state index in [9.17, 15) is 13.2 Å². The van der Waals surface area contributed by atoms with Crippen LogP contribution in [0.15, 0.2) is 10.3 Å². The smallest absolute Gasteiger partial charge is 0.334 e. The van der Waals surface area contributed by atoms with Crippen LogP contribution in [0.4, 0.5) is 9.93 Å². The molecular weight excluding hydrogens is 382 g/mol. The topological polar surface area (TPSA) is 108 Å². The lowest BCUT2D eigenvalue weighted by Crippen LogP contribution is -2.33. The second-order valence-electron chi connectivity index (χ2n) is 5.30. The molecule has 2 rings (SSSR count). The molecule has 0 atom stereocenters. The van der Waals surface area contributed by atoms with Gasteiger partial charge in [-0.05, 0) is 31.4 Å². The maximum atomic E-state index is 12.3. The molecule has 7 nitrogen and oxygen atoms in total. The van der Waals surface area contributed by atoms with Crippen molar-refractivity contribution in [3.05, 3.63) is 27.1 Å². The number of anilines is 1. The number of nitrogens with zero attached hydrogens (tertiary/aromatic N) is 1. The summed E-state index contributed by atoms with van der Waals surface area (Å²) in [5.74, 6) is 0. The van der Waals surface area contributed by atoms with Crippen molar-refractivity contribution in [3.63, 3.8) is 0 Å². The van der Waals surface area contributed by atoms with E-state index >= 15 is 0 Å². The van der Waals surface area contributed by atoms with E-state index < -0.39 is 16.1 Å². The molecule has 3 N–H and O–H groups in total. The molecule has 0 saturated carbocycles. The van der Waals surface area contributed by atoms with Crippen molar-refractivity contribution in [2.45, 2.75) is 44.2 Å². The second-order valence-corrected chi connectivity index (χ2v) is 9.43. The molecular formula is C15H21N3O4S3. The average Bonchev–Trinajstić information content (AvgIpc) is 3.11. The van der Waals surface area contributed by atoms with Gasteiger partial charge in [-0.3, -0.25) is 5.32 Å². The van der Waals surface area contributed by atoms with Crippen molar-refractivity contribution < 1.29 is 18.3 Å². The van der Waals surface area contributed by atoms with Gasteiger partial charge in [-0.25, -0.2) is 22.9 Å². The van der Waals surface area contributed by atoms with Gasteiger partial charge in [-0.1, -0.05) is 13.8 Å². The summed E-state index contributed by atoms with van der Waals surface area (Å²) < 4.78 is 26.7. The van der Waals surface area contributed by atoms with Crippen molar-refractivity contribution in [2.75, 3.05) is 11.9 Å². The Morgan fingerprint density at radius 3 is 2.52 bits per heavy atom. The van der Waals surface area contributed by atoms with Crippen molar-refractivity contribution in [1.29, 1.82) is 0 Å². The lowest BCUT2D eigenvalue weighted by atomic mass is 10.2. The van der Waals surface area contributed by atoms with Crippen LogP contribution in [0.25, 0.3) is 0 Å². The van der Waals surface area contributed by atoms with E-state index in [-0.39, 0.29) is 10.8 Å². The fraction of sp³-hybridized carbons (Fsp3) is 0.467. The van der Waals surface area contributed by atoms with E-state index in [4.69, 9.17) is 5.11 Å². The van der Waals surface area contributed by atoms with Crippen LogP contribution < -0.4 is 10.0 Å². The first-order valence-corrected chi connectivity index (χ1v) is 10.9. The maximum Gasteiger partial charge on any atom is 0.334 e. The Morgan fingerprint density at radius 2 is 1.96 bits per heavy atom. The summed E-state index contributed by atoms with van der Waals surface area (Å²) in [6.45, 7) is 5.70. The van der Waals surface area contributed by atoms with Gasteiger partial charge >= 0.3 is 6.03 Å². The molecule has 2 heterocycles.